The highest BCUT2D eigenvalue weighted by molar-refractivity contribution is 5.59. The molecule has 3 heteroatoms. The van der Waals surface area contributed by atoms with Crippen molar-refractivity contribution in [3.63, 3.8) is 0 Å². The van der Waals surface area contributed by atoms with Gasteiger partial charge in [-0.05, 0) is 18.6 Å². The quantitative estimate of drug-likeness (QED) is 0.792. The standard InChI is InChI=1S/C18H16N2O/c1-13-6-5-9-15(10-13)17-12-19-18(21)16(20-17)11-14-7-3-2-4-8-14/h2-10,12H,11H2,1H3,(H,19,21). The molecule has 3 aromatic rings. The van der Waals surface area contributed by atoms with Crippen molar-refractivity contribution in [1.29, 1.82) is 0 Å². The van der Waals surface area contributed by atoms with Gasteiger partial charge in [0.05, 0.1) is 11.9 Å². The van der Waals surface area contributed by atoms with Crippen LogP contribution in [0.5, 0.6) is 5.88 Å². The third-order valence-electron chi connectivity index (χ3n) is 3.35. The Balaban J connectivity index is 1.97. The summed E-state index contributed by atoms with van der Waals surface area (Å²) in [6.07, 6.45) is 2.18. The molecular formula is C18H16N2O. The second kappa shape index (κ2) is 5.75. The number of aromatic nitrogens is 2. The highest BCUT2D eigenvalue weighted by atomic mass is 16.3. The maximum Gasteiger partial charge on any atom is 0.233 e. The second-order valence-corrected chi connectivity index (χ2v) is 5.06. The highest BCUT2D eigenvalue weighted by Gasteiger charge is 2.09. The molecule has 104 valence electrons. The van der Waals surface area contributed by atoms with Crippen molar-refractivity contribution in [1.82, 2.24) is 9.97 Å². The normalized spacial score (nSPS) is 10.5. The summed E-state index contributed by atoms with van der Waals surface area (Å²) in [5, 5.41) is 9.92. The average molecular weight is 276 g/mol. The second-order valence-electron chi connectivity index (χ2n) is 5.06. The summed E-state index contributed by atoms with van der Waals surface area (Å²) in [6, 6.07) is 18.1. The van der Waals surface area contributed by atoms with E-state index >= 15 is 0 Å². The number of hydrogen-bond acceptors (Lipinski definition) is 3. The van der Waals surface area contributed by atoms with Gasteiger partial charge in [0, 0.05) is 12.0 Å². The molecule has 0 aliphatic rings. The summed E-state index contributed by atoms with van der Waals surface area (Å²) in [5.41, 5.74) is 4.66. The van der Waals surface area contributed by atoms with Crippen LogP contribution in [-0.2, 0) is 6.42 Å². The molecule has 1 heterocycles. The van der Waals surface area contributed by atoms with Gasteiger partial charge in [-0.25, -0.2) is 9.97 Å². The molecule has 0 unspecified atom stereocenters. The van der Waals surface area contributed by atoms with Crippen molar-refractivity contribution in [2.45, 2.75) is 13.3 Å². The van der Waals surface area contributed by atoms with E-state index in [9.17, 15) is 5.11 Å². The summed E-state index contributed by atoms with van der Waals surface area (Å²) in [7, 11) is 0. The zero-order valence-corrected chi connectivity index (χ0v) is 11.8. The van der Waals surface area contributed by atoms with Gasteiger partial charge in [-0.15, -0.1) is 0 Å². The first kappa shape index (κ1) is 13.3. The van der Waals surface area contributed by atoms with Crippen LogP contribution < -0.4 is 0 Å². The van der Waals surface area contributed by atoms with E-state index < -0.39 is 0 Å². The average Bonchev–Trinajstić information content (AvgIpc) is 2.50. The van der Waals surface area contributed by atoms with E-state index in [4.69, 9.17) is 0 Å². The molecule has 0 atom stereocenters. The lowest BCUT2D eigenvalue weighted by atomic mass is 10.1. The van der Waals surface area contributed by atoms with Gasteiger partial charge in [0.15, 0.2) is 0 Å². The minimum Gasteiger partial charge on any atom is -0.492 e. The molecule has 3 nitrogen and oxygen atoms in total. The topological polar surface area (TPSA) is 46.0 Å². The molecule has 0 amide bonds. The summed E-state index contributed by atoms with van der Waals surface area (Å²) >= 11 is 0. The summed E-state index contributed by atoms with van der Waals surface area (Å²) in [6.45, 7) is 2.04. The summed E-state index contributed by atoms with van der Waals surface area (Å²) < 4.78 is 0. The van der Waals surface area contributed by atoms with Crippen LogP contribution in [0.2, 0.25) is 0 Å². The third kappa shape index (κ3) is 3.08. The van der Waals surface area contributed by atoms with Crippen LogP contribution in [0.3, 0.4) is 0 Å². The Morgan fingerprint density at radius 3 is 2.57 bits per heavy atom. The summed E-state index contributed by atoms with van der Waals surface area (Å²) in [5.74, 6) is -0.00439. The number of benzene rings is 2. The predicted octanol–water partition coefficient (Wildman–Crippen LogP) is 3.75. The smallest absolute Gasteiger partial charge is 0.233 e. The van der Waals surface area contributed by atoms with E-state index in [-0.39, 0.29) is 5.88 Å². The van der Waals surface area contributed by atoms with Crippen LogP contribution in [-0.4, -0.2) is 15.1 Å². The fourth-order valence-electron chi connectivity index (χ4n) is 2.27. The zero-order chi connectivity index (χ0) is 14.7. The van der Waals surface area contributed by atoms with Crippen molar-refractivity contribution < 1.29 is 5.11 Å². The summed E-state index contributed by atoms with van der Waals surface area (Å²) in [4.78, 5) is 8.64. The zero-order valence-electron chi connectivity index (χ0n) is 11.8. The molecule has 0 fully saturated rings. The van der Waals surface area contributed by atoms with E-state index in [1.54, 1.807) is 6.20 Å². The molecule has 0 saturated heterocycles. The maximum absolute atomic E-state index is 9.92. The maximum atomic E-state index is 9.92. The molecule has 0 bridgehead atoms. The van der Waals surface area contributed by atoms with Crippen LogP contribution in [0.4, 0.5) is 0 Å². The fourth-order valence-corrected chi connectivity index (χ4v) is 2.27. The number of nitrogens with zero attached hydrogens (tertiary/aromatic N) is 2. The van der Waals surface area contributed by atoms with Gasteiger partial charge in [0.25, 0.3) is 0 Å². The van der Waals surface area contributed by atoms with Gasteiger partial charge >= 0.3 is 0 Å². The largest absolute Gasteiger partial charge is 0.492 e. The Morgan fingerprint density at radius 2 is 1.81 bits per heavy atom. The van der Waals surface area contributed by atoms with E-state index in [1.807, 2.05) is 55.5 Å². The number of aryl methyl sites for hydroxylation is 1. The Kier molecular flexibility index (Phi) is 3.65. The van der Waals surface area contributed by atoms with Crippen molar-refractivity contribution in [2.75, 3.05) is 0 Å². The van der Waals surface area contributed by atoms with Crippen molar-refractivity contribution in [3.8, 4) is 17.1 Å². The molecule has 1 N–H and O–H groups in total. The minimum atomic E-state index is -0.00439. The highest BCUT2D eigenvalue weighted by Crippen LogP contribution is 2.22. The molecular weight excluding hydrogens is 260 g/mol. The molecule has 0 aliphatic carbocycles. The number of aromatic hydroxyl groups is 1. The predicted molar refractivity (Wildman–Crippen MR) is 83.1 cm³/mol. The molecule has 0 spiro atoms. The molecule has 0 radical (unpaired) electrons. The van der Waals surface area contributed by atoms with E-state index in [2.05, 4.69) is 16.0 Å². The first-order valence-electron chi connectivity index (χ1n) is 6.88. The molecule has 2 aromatic carbocycles. The van der Waals surface area contributed by atoms with Crippen LogP contribution in [0.15, 0.2) is 60.8 Å². The first-order chi connectivity index (χ1) is 10.2. The molecule has 1 aromatic heterocycles. The number of rotatable bonds is 3. The Hall–Kier alpha value is -2.68. The van der Waals surface area contributed by atoms with Crippen LogP contribution in [0, 0.1) is 6.92 Å². The van der Waals surface area contributed by atoms with Crippen LogP contribution >= 0.6 is 0 Å². The van der Waals surface area contributed by atoms with Crippen molar-refractivity contribution in [3.05, 3.63) is 77.6 Å². The third-order valence-corrected chi connectivity index (χ3v) is 3.35. The van der Waals surface area contributed by atoms with E-state index in [1.165, 1.54) is 5.56 Å². The van der Waals surface area contributed by atoms with Crippen LogP contribution in [0.25, 0.3) is 11.3 Å². The lowest BCUT2D eigenvalue weighted by molar-refractivity contribution is 0.443. The fraction of sp³-hybridized carbons (Fsp3) is 0.111. The van der Waals surface area contributed by atoms with Gasteiger partial charge in [0.1, 0.15) is 5.69 Å². The van der Waals surface area contributed by atoms with Crippen molar-refractivity contribution >= 4 is 0 Å². The Labute approximate surface area is 124 Å². The van der Waals surface area contributed by atoms with Gasteiger partial charge in [-0.3, -0.25) is 0 Å². The van der Waals surface area contributed by atoms with E-state index in [0.29, 0.717) is 12.1 Å². The SMILES string of the molecule is Cc1cccc(-c2cnc(O)c(Cc3ccccc3)n2)c1. The molecule has 3 rings (SSSR count). The lowest BCUT2D eigenvalue weighted by Crippen LogP contribution is -1.97. The Bertz CT molecular complexity index is 754. The number of hydrogen-bond donors (Lipinski definition) is 1. The molecule has 0 saturated carbocycles. The van der Waals surface area contributed by atoms with Gasteiger partial charge in [0.2, 0.25) is 5.88 Å². The van der Waals surface area contributed by atoms with Gasteiger partial charge in [-0.1, -0.05) is 54.1 Å². The monoisotopic (exact) mass is 276 g/mol. The lowest BCUT2D eigenvalue weighted by Gasteiger charge is -2.07. The molecule has 21 heavy (non-hydrogen) atoms. The van der Waals surface area contributed by atoms with Gasteiger partial charge < -0.3 is 5.11 Å². The van der Waals surface area contributed by atoms with Gasteiger partial charge in [-0.2, -0.15) is 0 Å². The molecule has 0 aliphatic heterocycles. The Morgan fingerprint density at radius 1 is 1.00 bits per heavy atom. The van der Waals surface area contributed by atoms with Crippen LogP contribution in [0.1, 0.15) is 16.8 Å². The first-order valence-corrected chi connectivity index (χ1v) is 6.88. The minimum absolute atomic E-state index is 0.00439. The van der Waals surface area contributed by atoms with E-state index in [0.717, 1.165) is 16.8 Å². The van der Waals surface area contributed by atoms with Crippen molar-refractivity contribution in [2.24, 2.45) is 0 Å².